The summed E-state index contributed by atoms with van der Waals surface area (Å²) in [5.74, 6) is 0.506. The van der Waals surface area contributed by atoms with Crippen molar-refractivity contribution in [3.8, 4) is 5.75 Å². The van der Waals surface area contributed by atoms with E-state index in [2.05, 4.69) is 4.99 Å². The zero-order valence-corrected chi connectivity index (χ0v) is 6.57. The van der Waals surface area contributed by atoms with Crippen molar-refractivity contribution in [1.29, 1.82) is 0 Å². The summed E-state index contributed by atoms with van der Waals surface area (Å²) in [5, 5.41) is 0. The third kappa shape index (κ3) is 0.830. The molecule has 0 radical (unpaired) electrons. The highest BCUT2D eigenvalue weighted by atomic mass is 16.5. The van der Waals surface area contributed by atoms with E-state index in [-0.39, 0.29) is 5.91 Å². The maximum Gasteiger partial charge on any atom is 0.277 e. The summed E-state index contributed by atoms with van der Waals surface area (Å²) in [7, 11) is 1.58. The molecule has 0 atom stereocenters. The van der Waals surface area contributed by atoms with Crippen LogP contribution in [0.2, 0.25) is 0 Å². The Morgan fingerprint density at radius 3 is 3.00 bits per heavy atom. The first-order chi connectivity index (χ1) is 5.83. The van der Waals surface area contributed by atoms with E-state index in [4.69, 9.17) is 4.74 Å². The summed E-state index contributed by atoms with van der Waals surface area (Å²) in [6, 6.07) is 5.33. The molecule has 0 saturated heterocycles. The van der Waals surface area contributed by atoms with Crippen molar-refractivity contribution in [2.45, 2.75) is 0 Å². The Balaban J connectivity index is 2.65. The maximum atomic E-state index is 11.1. The van der Waals surface area contributed by atoms with Gasteiger partial charge in [0.1, 0.15) is 5.75 Å². The SMILES string of the molecule is COc1cccc2c1C=NC2=O. The average molecular weight is 161 g/mol. The topological polar surface area (TPSA) is 38.7 Å². The number of nitrogens with zero attached hydrogens (tertiary/aromatic N) is 1. The van der Waals surface area contributed by atoms with Gasteiger partial charge in [-0.05, 0) is 12.1 Å². The molecule has 12 heavy (non-hydrogen) atoms. The fourth-order valence-corrected chi connectivity index (χ4v) is 1.23. The molecular weight excluding hydrogens is 154 g/mol. The number of hydrogen-bond acceptors (Lipinski definition) is 2. The molecule has 0 unspecified atom stereocenters. The Labute approximate surface area is 69.7 Å². The number of amides is 1. The first-order valence-electron chi connectivity index (χ1n) is 3.58. The van der Waals surface area contributed by atoms with Crippen LogP contribution in [0.15, 0.2) is 23.2 Å². The molecular formula is C9H7NO2. The summed E-state index contributed by atoms with van der Waals surface area (Å²) in [6.45, 7) is 0. The van der Waals surface area contributed by atoms with Crippen molar-refractivity contribution in [2.24, 2.45) is 4.99 Å². The molecule has 2 rings (SSSR count). The third-order valence-corrected chi connectivity index (χ3v) is 1.83. The van der Waals surface area contributed by atoms with Gasteiger partial charge in [-0.15, -0.1) is 0 Å². The second-order valence-electron chi connectivity index (χ2n) is 2.48. The first kappa shape index (κ1) is 7.03. The van der Waals surface area contributed by atoms with Crippen molar-refractivity contribution in [2.75, 3.05) is 7.11 Å². The third-order valence-electron chi connectivity index (χ3n) is 1.83. The molecule has 1 amide bonds. The Bertz CT molecular complexity index is 369. The predicted molar refractivity (Wildman–Crippen MR) is 44.9 cm³/mol. The summed E-state index contributed by atoms with van der Waals surface area (Å²) in [6.07, 6.45) is 1.54. The lowest BCUT2D eigenvalue weighted by Gasteiger charge is -2.02. The van der Waals surface area contributed by atoms with Gasteiger partial charge in [0.05, 0.1) is 12.7 Å². The normalized spacial score (nSPS) is 13.2. The Morgan fingerprint density at radius 2 is 2.25 bits per heavy atom. The predicted octanol–water partition coefficient (Wildman–Crippen LogP) is 1.27. The Kier molecular flexibility index (Phi) is 1.43. The number of aliphatic imine (C=N–C) groups is 1. The summed E-state index contributed by atoms with van der Waals surface area (Å²) < 4.78 is 5.06. The van der Waals surface area contributed by atoms with Crippen molar-refractivity contribution in [3.63, 3.8) is 0 Å². The fourth-order valence-electron chi connectivity index (χ4n) is 1.23. The monoisotopic (exact) mass is 161 g/mol. The van der Waals surface area contributed by atoms with Gasteiger partial charge in [-0.1, -0.05) is 6.07 Å². The van der Waals surface area contributed by atoms with E-state index in [1.807, 2.05) is 6.07 Å². The second kappa shape index (κ2) is 2.44. The molecule has 1 aliphatic heterocycles. The quantitative estimate of drug-likeness (QED) is 0.622. The van der Waals surface area contributed by atoms with Gasteiger partial charge in [0.25, 0.3) is 5.91 Å². The Hall–Kier alpha value is -1.64. The van der Waals surface area contributed by atoms with Crippen LogP contribution in [0.5, 0.6) is 5.75 Å². The summed E-state index contributed by atoms with van der Waals surface area (Å²) >= 11 is 0. The van der Waals surface area contributed by atoms with Crippen LogP contribution >= 0.6 is 0 Å². The molecule has 0 saturated carbocycles. The number of ether oxygens (including phenoxy) is 1. The van der Waals surface area contributed by atoms with Crippen molar-refractivity contribution in [1.82, 2.24) is 0 Å². The summed E-state index contributed by atoms with van der Waals surface area (Å²) in [5.41, 5.74) is 1.40. The molecule has 0 spiro atoms. The van der Waals surface area contributed by atoms with Gasteiger partial charge >= 0.3 is 0 Å². The average Bonchev–Trinajstić information content (AvgIpc) is 2.48. The van der Waals surface area contributed by atoms with E-state index >= 15 is 0 Å². The molecule has 60 valence electrons. The molecule has 3 nitrogen and oxygen atoms in total. The lowest BCUT2D eigenvalue weighted by atomic mass is 10.1. The van der Waals surface area contributed by atoms with E-state index in [0.29, 0.717) is 11.3 Å². The van der Waals surface area contributed by atoms with Crippen molar-refractivity contribution in [3.05, 3.63) is 29.3 Å². The van der Waals surface area contributed by atoms with Gasteiger partial charge in [-0.25, -0.2) is 4.99 Å². The molecule has 1 aliphatic rings. The minimum atomic E-state index is -0.191. The molecule has 1 aromatic carbocycles. The molecule has 0 aromatic heterocycles. The van der Waals surface area contributed by atoms with Crippen LogP contribution in [0.25, 0.3) is 0 Å². The number of carbonyl (C=O) groups excluding carboxylic acids is 1. The molecule has 1 heterocycles. The highest BCUT2D eigenvalue weighted by Crippen LogP contribution is 2.24. The smallest absolute Gasteiger partial charge is 0.277 e. The highest BCUT2D eigenvalue weighted by Gasteiger charge is 2.17. The highest BCUT2D eigenvalue weighted by molar-refractivity contribution is 6.14. The van der Waals surface area contributed by atoms with Crippen LogP contribution in [0.4, 0.5) is 0 Å². The van der Waals surface area contributed by atoms with Gasteiger partial charge in [-0.2, -0.15) is 0 Å². The Morgan fingerprint density at radius 1 is 1.42 bits per heavy atom. The van der Waals surface area contributed by atoms with E-state index in [0.717, 1.165) is 5.56 Å². The largest absolute Gasteiger partial charge is 0.496 e. The van der Waals surface area contributed by atoms with Gasteiger partial charge < -0.3 is 4.74 Å². The zero-order valence-electron chi connectivity index (χ0n) is 6.57. The van der Waals surface area contributed by atoms with Crippen molar-refractivity contribution >= 4 is 12.1 Å². The zero-order chi connectivity index (χ0) is 8.55. The van der Waals surface area contributed by atoms with E-state index < -0.39 is 0 Å². The maximum absolute atomic E-state index is 11.1. The fraction of sp³-hybridized carbons (Fsp3) is 0.111. The van der Waals surface area contributed by atoms with E-state index in [1.54, 1.807) is 19.2 Å². The second-order valence-corrected chi connectivity index (χ2v) is 2.48. The number of rotatable bonds is 1. The van der Waals surface area contributed by atoms with Gasteiger partial charge in [-0.3, -0.25) is 4.79 Å². The van der Waals surface area contributed by atoms with Gasteiger partial charge in [0, 0.05) is 11.8 Å². The lowest BCUT2D eigenvalue weighted by Crippen LogP contribution is -1.94. The van der Waals surface area contributed by atoms with E-state index in [9.17, 15) is 4.79 Å². The molecule has 1 aromatic rings. The number of benzene rings is 1. The van der Waals surface area contributed by atoms with Crippen LogP contribution in [0.3, 0.4) is 0 Å². The van der Waals surface area contributed by atoms with Crippen LogP contribution in [-0.2, 0) is 0 Å². The van der Waals surface area contributed by atoms with Crippen LogP contribution in [0.1, 0.15) is 15.9 Å². The number of fused-ring (bicyclic) bond motifs is 1. The van der Waals surface area contributed by atoms with Gasteiger partial charge in [0.15, 0.2) is 0 Å². The number of carbonyl (C=O) groups is 1. The van der Waals surface area contributed by atoms with Crippen LogP contribution in [0, 0.1) is 0 Å². The molecule has 0 bridgehead atoms. The number of methoxy groups -OCH3 is 1. The molecule has 0 aliphatic carbocycles. The standard InChI is InChI=1S/C9H7NO2/c1-12-8-4-2-3-6-7(8)5-10-9(6)11/h2-5H,1H3. The molecule has 3 heteroatoms. The van der Waals surface area contributed by atoms with Crippen LogP contribution in [-0.4, -0.2) is 19.2 Å². The minimum absolute atomic E-state index is 0.191. The van der Waals surface area contributed by atoms with Crippen LogP contribution < -0.4 is 4.74 Å². The lowest BCUT2D eigenvalue weighted by molar-refractivity contribution is 0.101. The molecule has 0 N–H and O–H groups in total. The minimum Gasteiger partial charge on any atom is -0.496 e. The first-order valence-corrected chi connectivity index (χ1v) is 3.58. The molecule has 0 fully saturated rings. The van der Waals surface area contributed by atoms with E-state index in [1.165, 1.54) is 6.21 Å². The van der Waals surface area contributed by atoms with Crippen molar-refractivity contribution < 1.29 is 9.53 Å². The number of hydrogen-bond donors (Lipinski definition) is 0. The summed E-state index contributed by atoms with van der Waals surface area (Å²) in [4.78, 5) is 14.7. The van der Waals surface area contributed by atoms with Gasteiger partial charge in [0.2, 0.25) is 0 Å².